The van der Waals surface area contributed by atoms with E-state index in [1.54, 1.807) is 24.5 Å². The van der Waals surface area contributed by atoms with Gasteiger partial charge in [-0.3, -0.25) is 14.0 Å². The molecule has 1 unspecified atom stereocenters. The Bertz CT molecular complexity index is 1010. The van der Waals surface area contributed by atoms with Crippen LogP contribution in [-0.4, -0.2) is 34.2 Å². The number of rotatable bonds is 6. The summed E-state index contributed by atoms with van der Waals surface area (Å²) in [5.74, 6) is -0.191. The van der Waals surface area contributed by atoms with Crippen molar-refractivity contribution >= 4 is 39.7 Å². The molecule has 0 radical (unpaired) electrons. The molecule has 0 fully saturated rings. The lowest BCUT2D eigenvalue weighted by molar-refractivity contribution is 0.102. The van der Waals surface area contributed by atoms with Gasteiger partial charge in [0.25, 0.3) is 5.91 Å². The third kappa shape index (κ3) is 4.74. The molecule has 0 aliphatic heterocycles. The fraction of sp³-hybridized carbons (Fsp3) is 0.150. The molecule has 144 valence electrons. The van der Waals surface area contributed by atoms with Crippen LogP contribution >= 0.6 is 11.6 Å². The molecule has 6 nitrogen and oxygen atoms in total. The first kappa shape index (κ1) is 20.0. The van der Waals surface area contributed by atoms with Gasteiger partial charge in [-0.1, -0.05) is 29.8 Å². The highest BCUT2D eigenvalue weighted by Crippen LogP contribution is 2.24. The number of nitrogens with one attached hydrogen (secondary N) is 1. The molecule has 0 spiro atoms. The van der Waals surface area contributed by atoms with Crippen molar-refractivity contribution in [3.8, 4) is 0 Å². The van der Waals surface area contributed by atoms with Crippen molar-refractivity contribution in [3.05, 3.63) is 77.2 Å². The Morgan fingerprint density at radius 2 is 1.89 bits per heavy atom. The smallest absolute Gasteiger partial charge is 0.258 e. The second kappa shape index (κ2) is 8.95. The number of para-hydroxylation sites is 1. The zero-order valence-electron chi connectivity index (χ0n) is 15.4. The average molecular weight is 415 g/mol. The fourth-order valence-corrected chi connectivity index (χ4v) is 4.07. The molecule has 1 aromatic carbocycles. The third-order valence-corrected chi connectivity index (χ3v) is 5.51. The van der Waals surface area contributed by atoms with Crippen LogP contribution in [0.1, 0.15) is 15.9 Å². The topological polar surface area (TPSA) is 75.2 Å². The number of hydrogen-bond donors (Lipinski definition) is 1. The minimum atomic E-state index is -1.53. The lowest BCUT2D eigenvalue weighted by Gasteiger charge is -2.17. The average Bonchev–Trinajstić information content (AvgIpc) is 2.68. The van der Waals surface area contributed by atoms with Crippen molar-refractivity contribution in [1.82, 2.24) is 9.97 Å². The predicted octanol–water partition coefficient (Wildman–Crippen LogP) is 3.76. The van der Waals surface area contributed by atoms with Gasteiger partial charge in [0.05, 0.1) is 27.1 Å². The number of benzene rings is 1. The number of nitrogens with zero attached hydrogens (tertiary/aromatic N) is 3. The van der Waals surface area contributed by atoms with Gasteiger partial charge in [-0.2, -0.15) is 0 Å². The zero-order valence-corrected chi connectivity index (χ0v) is 17.0. The van der Waals surface area contributed by atoms with Crippen LogP contribution in [0.2, 0.25) is 5.02 Å². The quantitative estimate of drug-likeness (QED) is 0.664. The van der Waals surface area contributed by atoms with E-state index in [1.165, 1.54) is 12.3 Å². The van der Waals surface area contributed by atoms with Crippen LogP contribution in [-0.2, 0) is 16.6 Å². The highest BCUT2D eigenvalue weighted by molar-refractivity contribution is 7.84. The number of aromatic nitrogens is 2. The summed E-state index contributed by atoms with van der Waals surface area (Å²) in [6.45, 7) is 0. The SMILES string of the molecule is CN(C)c1ccccc1CS(=O)c1ncc(Cl)cc1C(=O)Nc1ccncc1. The summed E-state index contributed by atoms with van der Waals surface area (Å²) < 4.78 is 13.1. The van der Waals surface area contributed by atoms with Gasteiger partial charge in [0.1, 0.15) is 5.03 Å². The van der Waals surface area contributed by atoms with E-state index in [9.17, 15) is 9.00 Å². The van der Waals surface area contributed by atoms with Crippen LogP contribution < -0.4 is 10.2 Å². The summed E-state index contributed by atoms with van der Waals surface area (Å²) in [6.07, 6.45) is 4.54. The molecule has 0 saturated heterocycles. The number of carbonyl (C=O) groups excluding carboxylic acids is 1. The van der Waals surface area contributed by atoms with E-state index in [-0.39, 0.29) is 16.3 Å². The Kier molecular flexibility index (Phi) is 6.38. The Morgan fingerprint density at radius 3 is 2.61 bits per heavy atom. The molecule has 0 aliphatic carbocycles. The van der Waals surface area contributed by atoms with Gasteiger partial charge in [-0.05, 0) is 29.8 Å². The minimum absolute atomic E-state index is 0.185. The molecule has 0 aliphatic rings. The van der Waals surface area contributed by atoms with Gasteiger partial charge in [-0.15, -0.1) is 0 Å². The molecule has 28 heavy (non-hydrogen) atoms. The van der Waals surface area contributed by atoms with Crippen LogP contribution in [0.4, 0.5) is 11.4 Å². The number of carbonyl (C=O) groups is 1. The van der Waals surface area contributed by atoms with Crippen molar-refractivity contribution < 1.29 is 9.00 Å². The van der Waals surface area contributed by atoms with E-state index in [4.69, 9.17) is 11.6 Å². The second-order valence-electron chi connectivity index (χ2n) is 6.21. The number of pyridine rings is 2. The maximum absolute atomic E-state index is 13.1. The standard InChI is InChI=1S/C20H19ClN4O2S/c1-25(2)18-6-4-3-5-14(18)13-28(27)20-17(11-15(21)12-23-20)19(26)24-16-7-9-22-10-8-16/h3-12H,13H2,1-2H3,(H,22,24,26). The Hall–Kier alpha value is -2.77. The van der Waals surface area contributed by atoms with E-state index in [2.05, 4.69) is 15.3 Å². The van der Waals surface area contributed by atoms with Crippen LogP contribution in [0.15, 0.2) is 66.1 Å². The molecule has 3 aromatic rings. The van der Waals surface area contributed by atoms with Crippen molar-refractivity contribution in [3.63, 3.8) is 0 Å². The lowest BCUT2D eigenvalue weighted by Crippen LogP contribution is -2.17. The summed E-state index contributed by atoms with van der Waals surface area (Å²) in [5.41, 5.74) is 2.63. The van der Waals surface area contributed by atoms with Gasteiger partial charge in [0.15, 0.2) is 0 Å². The first-order chi connectivity index (χ1) is 13.5. The minimum Gasteiger partial charge on any atom is -0.377 e. The maximum Gasteiger partial charge on any atom is 0.258 e. The van der Waals surface area contributed by atoms with Crippen molar-refractivity contribution in [2.75, 3.05) is 24.3 Å². The molecule has 2 heterocycles. The van der Waals surface area contributed by atoms with Crippen LogP contribution in [0, 0.1) is 0 Å². The number of hydrogen-bond acceptors (Lipinski definition) is 5. The van der Waals surface area contributed by atoms with Gasteiger partial charge >= 0.3 is 0 Å². The van der Waals surface area contributed by atoms with Gasteiger partial charge in [0, 0.05) is 44.1 Å². The monoisotopic (exact) mass is 414 g/mol. The molecule has 1 atom stereocenters. The lowest BCUT2D eigenvalue weighted by atomic mass is 10.2. The second-order valence-corrected chi connectivity index (χ2v) is 8.01. The largest absolute Gasteiger partial charge is 0.377 e. The van der Waals surface area contributed by atoms with E-state index >= 15 is 0 Å². The highest BCUT2D eigenvalue weighted by Gasteiger charge is 2.20. The van der Waals surface area contributed by atoms with E-state index in [1.807, 2.05) is 43.3 Å². The molecule has 8 heteroatoms. The molecule has 2 aromatic heterocycles. The number of halogens is 1. The third-order valence-electron chi connectivity index (χ3n) is 3.98. The molecule has 1 amide bonds. The Morgan fingerprint density at radius 1 is 1.18 bits per heavy atom. The van der Waals surface area contributed by atoms with Gasteiger partial charge in [-0.25, -0.2) is 4.98 Å². The molecular formula is C20H19ClN4O2S. The predicted molar refractivity (Wildman–Crippen MR) is 112 cm³/mol. The summed E-state index contributed by atoms with van der Waals surface area (Å²) in [5, 5.41) is 3.25. The van der Waals surface area contributed by atoms with Crippen LogP contribution in [0.5, 0.6) is 0 Å². The maximum atomic E-state index is 13.1. The first-order valence-corrected chi connectivity index (χ1v) is 10.2. The Labute approximate surface area is 171 Å². The summed E-state index contributed by atoms with van der Waals surface area (Å²) in [7, 11) is 2.32. The summed E-state index contributed by atoms with van der Waals surface area (Å²) in [6, 6.07) is 12.5. The summed E-state index contributed by atoms with van der Waals surface area (Å²) in [4.78, 5) is 22.8. The number of amides is 1. The first-order valence-electron chi connectivity index (χ1n) is 8.46. The van der Waals surface area contributed by atoms with Crippen LogP contribution in [0.25, 0.3) is 0 Å². The summed E-state index contributed by atoms with van der Waals surface area (Å²) >= 11 is 6.04. The Balaban J connectivity index is 1.90. The van der Waals surface area contributed by atoms with Crippen molar-refractivity contribution in [1.29, 1.82) is 0 Å². The molecule has 1 N–H and O–H groups in total. The van der Waals surface area contributed by atoms with Gasteiger partial charge in [0.2, 0.25) is 0 Å². The molecule has 0 bridgehead atoms. The zero-order chi connectivity index (χ0) is 20.1. The number of anilines is 2. The molecule has 0 saturated carbocycles. The normalized spacial score (nSPS) is 11.7. The fourth-order valence-electron chi connectivity index (χ4n) is 2.68. The molecule has 3 rings (SSSR count). The highest BCUT2D eigenvalue weighted by atomic mass is 35.5. The van der Waals surface area contributed by atoms with Crippen molar-refractivity contribution in [2.24, 2.45) is 0 Å². The van der Waals surface area contributed by atoms with Crippen molar-refractivity contribution in [2.45, 2.75) is 10.8 Å². The van der Waals surface area contributed by atoms with E-state index in [0.29, 0.717) is 10.7 Å². The van der Waals surface area contributed by atoms with Gasteiger partial charge < -0.3 is 10.2 Å². The van der Waals surface area contributed by atoms with E-state index in [0.717, 1.165) is 11.3 Å². The van der Waals surface area contributed by atoms with Crippen LogP contribution in [0.3, 0.4) is 0 Å². The molecular weight excluding hydrogens is 396 g/mol. The van der Waals surface area contributed by atoms with E-state index < -0.39 is 16.7 Å².